The van der Waals surface area contributed by atoms with Crippen LogP contribution in [-0.2, 0) is 16.6 Å². The van der Waals surface area contributed by atoms with E-state index in [2.05, 4.69) is 51.0 Å². The van der Waals surface area contributed by atoms with Crippen LogP contribution in [0, 0.1) is 13.8 Å². The third-order valence-electron chi connectivity index (χ3n) is 7.37. The van der Waals surface area contributed by atoms with Crippen molar-refractivity contribution in [2.24, 2.45) is 0 Å². The van der Waals surface area contributed by atoms with Gasteiger partial charge >= 0.3 is 6.03 Å². The van der Waals surface area contributed by atoms with Gasteiger partial charge in [-0.15, -0.1) is 0 Å². The Bertz CT molecular complexity index is 1400. The van der Waals surface area contributed by atoms with Crippen molar-refractivity contribution in [2.45, 2.75) is 59.0 Å². The highest BCUT2D eigenvalue weighted by Gasteiger charge is 2.28. The van der Waals surface area contributed by atoms with Crippen LogP contribution in [0.3, 0.4) is 0 Å². The minimum atomic E-state index is -3.31. The van der Waals surface area contributed by atoms with Crippen LogP contribution in [0.5, 0.6) is 11.5 Å². The number of unbranched alkanes of at least 4 members (excludes halogenated alkanes) is 1. The van der Waals surface area contributed by atoms with Gasteiger partial charge < -0.3 is 15.0 Å². The molecule has 3 aromatic rings. The lowest BCUT2D eigenvalue weighted by molar-refractivity contribution is 0.122. The molecule has 1 heterocycles. The molecule has 0 radical (unpaired) electrons. The monoisotopic (exact) mass is 578 g/mol. The molecule has 1 fully saturated rings. The first-order valence-corrected chi connectivity index (χ1v) is 16.2. The second-order valence-corrected chi connectivity index (χ2v) is 12.7. The summed E-state index contributed by atoms with van der Waals surface area (Å²) in [6, 6.07) is 21.3. The normalized spacial score (nSPS) is 14.4. The minimum absolute atomic E-state index is 0.00230. The van der Waals surface area contributed by atoms with E-state index in [1.807, 2.05) is 32.0 Å². The maximum absolute atomic E-state index is 13.4. The largest absolute Gasteiger partial charge is 0.457 e. The molecule has 1 aliphatic rings. The molecule has 8 nitrogen and oxygen atoms in total. The fourth-order valence-electron chi connectivity index (χ4n) is 5.09. The highest BCUT2D eigenvalue weighted by atomic mass is 32.2. The number of nitrogens with one attached hydrogen (secondary N) is 2. The number of ether oxygens (including phenoxy) is 1. The van der Waals surface area contributed by atoms with Gasteiger partial charge in [0.2, 0.25) is 10.0 Å². The van der Waals surface area contributed by atoms with Crippen LogP contribution in [0.1, 0.15) is 49.3 Å². The van der Waals surface area contributed by atoms with Crippen molar-refractivity contribution in [1.82, 2.24) is 9.80 Å². The van der Waals surface area contributed by atoms with Gasteiger partial charge in [0.05, 0.1) is 6.26 Å². The smallest absolute Gasteiger partial charge is 0.322 e. The summed E-state index contributed by atoms with van der Waals surface area (Å²) in [5, 5.41) is 3.18. The lowest BCUT2D eigenvalue weighted by Gasteiger charge is -2.38. The van der Waals surface area contributed by atoms with E-state index in [0.717, 1.165) is 80.7 Å². The molecule has 0 aliphatic carbocycles. The number of rotatable bonds is 11. The third-order valence-corrected chi connectivity index (χ3v) is 7.98. The summed E-state index contributed by atoms with van der Waals surface area (Å²) >= 11 is 0. The second kappa shape index (κ2) is 13.9. The van der Waals surface area contributed by atoms with Crippen LogP contribution >= 0.6 is 0 Å². The predicted molar refractivity (Wildman–Crippen MR) is 166 cm³/mol. The van der Waals surface area contributed by atoms with E-state index in [-0.39, 0.29) is 12.1 Å². The van der Waals surface area contributed by atoms with Crippen LogP contribution < -0.4 is 14.8 Å². The molecule has 1 saturated heterocycles. The molecule has 1 aliphatic heterocycles. The molecule has 41 heavy (non-hydrogen) atoms. The van der Waals surface area contributed by atoms with Crippen LogP contribution in [0.15, 0.2) is 66.7 Å². The van der Waals surface area contributed by atoms with Crippen molar-refractivity contribution >= 4 is 27.4 Å². The lowest BCUT2D eigenvalue weighted by atomic mass is 10.0. The fraction of sp³-hybridized carbons (Fsp3) is 0.406. The Kier molecular flexibility index (Phi) is 10.3. The van der Waals surface area contributed by atoms with Crippen molar-refractivity contribution in [3.63, 3.8) is 0 Å². The number of sulfonamides is 1. The van der Waals surface area contributed by atoms with Crippen molar-refractivity contribution < 1.29 is 17.9 Å². The number of aryl methyl sites for hydroxylation is 2. The van der Waals surface area contributed by atoms with Gasteiger partial charge in [0.1, 0.15) is 11.5 Å². The number of hydrogen-bond donors (Lipinski definition) is 2. The summed E-state index contributed by atoms with van der Waals surface area (Å²) in [6.45, 7) is 9.74. The number of hydrogen-bond acceptors (Lipinski definition) is 5. The maximum atomic E-state index is 13.4. The molecule has 0 saturated carbocycles. The second-order valence-electron chi connectivity index (χ2n) is 10.9. The topological polar surface area (TPSA) is 91.0 Å². The van der Waals surface area contributed by atoms with Gasteiger partial charge in [-0.25, -0.2) is 13.2 Å². The fourth-order valence-corrected chi connectivity index (χ4v) is 5.65. The minimum Gasteiger partial charge on any atom is -0.457 e. The standard InChI is InChI=1S/C32H42N4O4S/c1-5-6-19-36(32(37)33-31-22-24(2)7-8-25(31)3)28-17-20-35(21-18-28)23-26-9-13-29(14-10-26)40-30-15-11-27(12-16-30)34-41(4,38)39/h7-16,22,28,34H,5-6,17-21,23H2,1-4H3,(H,33,37). The van der Waals surface area contributed by atoms with Gasteiger partial charge in [-0.3, -0.25) is 9.62 Å². The first kappa shape index (κ1) is 30.4. The Hall–Kier alpha value is -3.56. The summed E-state index contributed by atoms with van der Waals surface area (Å²) < 4.78 is 31.1. The summed E-state index contributed by atoms with van der Waals surface area (Å²) in [4.78, 5) is 17.8. The number of carbonyl (C=O) groups is 1. The first-order chi connectivity index (χ1) is 19.6. The number of urea groups is 1. The molecule has 0 atom stereocenters. The lowest BCUT2D eigenvalue weighted by Crippen LogP contribution is -2.49. The van der Waals surface area contributed by atoms with E-state index in [0.29, 0.717) is 11.4 Å². The van der Waals surface area contributed by atoms with Crippen LogP contribution in [0.4, 0.5) is 16.2 Å². The van der Waals surface area contributed by atoms with E-state index in [1.165, 1.54) is 5.56 Å². The van der Waals surface area contributed by atoms with Crippen molar-refractivity contribution in [3.05, 3.63) is 83.4 Å². The highest BCUT2D eigenvalue weighted by Crippen LogP contribution is 2.26. The summed E-state index contributed by atoms with van der Waals surface area (Å²) in [7, 11) is -3.31. The van der Waals surface area contributed by atoms with Gasteiger partial charge in [0, 0.05) is 43.6 Å². The van der Waals surface area contributed by atoms with Gasteiger partial charge in [-0.05, 0) is 92.3 Å². The Morgan fingerprint density at radius 3 is 2.22 bits per heavy atom. The zero-order valence-corrected chi connectivity index (χ0v) is 25.3. The van der Waals surface area contributed by atoms with Gasteiger partial charge in [-0.1, -0.05) is 37.6 Å². The molecule has 9 heteroatoms. The number of benzene rings is 3. The Balaban J connectivity index is 1.29. The Morgan fingerprint density at radius 2 is 1.61 bits per heavy atom. The number of carbonyl (C=O) groups excluding carboxylic acids is 1. The van der Waals surface area contributed by atoms with Gasteiger partial charge in [-0.2, -0.15) is 0 Å². The van der Waals surface area contributed by atoms with Crippen LogP contribution in [0.25, 0.3) is 0 Å². The number of likely N-dealkylation sites (tertiary alicyclic amines) is 1. The number of amides is 2. The zero-order chi connectivity index (χ0) is 29.4. The van der Waals surface area contributed by atoms with E-state index >= 15 is 0 Å². The third kappa shape index (κ3) is 9.23. The van der Waals surface area contributed by atoms with Crippen molar-refractivity contribution in [3.8, 4) is 11.5 Å². The van der Waals surface area contributed by atoms with Crippen LogP contribution in [-0.4, -0.2) is 56.2 Å². The number of nitrogens with zero attached hydrogens (tertiary/aromatic N) is 2. The summed E-state index contributed by atoms with van der Waals surface area (Å²) in [5.41, 5.74) is 4.80. The van der Waals surface area contributed by atoms with E-state index in [9.17, 15) is 13.2 Å². The van der Waals surface area contributed by atoms with E-state index in [4.69, 9.17) is 4.74 Å². The summed E-state index contributed by atoms with van der Waals surface area (Å²) in [6.07, 6.45) is 5.08. The van der Waals surface area contributed by atoms with Gasteiger partial charge in [0.15, 0.2) is 0 Å². The highest BCUT2D eigenvalue weighted by molar-refractivity contribution is 7.92. The molecular formula is C32H42N4O4S. The van der Waals surface area contributed by atoms with Crippen molar-refractivity contribution in [1.29, 1.82) is 0 Å². The zero-order valence-electron chi connectivity index (χ0n) is 24.5. The van der Waals surface area contributed by atoms with Crippen molar-refractivity contribution in [2.75, 3.05) is 35.9 Å². The Morgan fingerprint density at radius 1 is 0.976 bits per heavy atom. The molecule has 0 spiro atoms. The number of anilines is 2. The molecule has 0 aromatic heterocycles. The van der Waals surface area contributed by atoms with E-state index in [1.54, 1.807) is 24.3 Å². The van der Waals surface area contributed by atoms with Crippen LogP contribution in [0.2, 0.25) is 0 Å². The maximum Gasteiger partial charge on any atom is 0.322 e. The quantitative estimate of drug-likeness (QED) is 0.262. The molecule has 0 bridgehead atoms. The van der Waals surface area contributed by atoms with Gasteiger partial charge in [0.25, 0.3) is 0 Å². The number of piperidine rings is 1. The molecule has 2 N–H and O–H groups in total. The SMILES string of the molecule is CCCCN(C(=O)Nc1cc(C)ccc1C)C1CCN(Cc2ccc(Oc3ccc(NS(C)(=O)=O)cc3)cc2)CC1. The summed E-state index contributed by atoms with van der Waals surface area (Å²) in [5.74, 6) is 1.35. The molecule has 2 amide bonds. The molecule has 0 unspecified atom stereocenters. The molecule has 3 aromatic carbocycles. The molecular weight excluding hydrogens is 536 g/mol. The average Bonchev–Trinajstić information content (AvgIpc) is 2.93. The van der Waals surface area contributed by atoms with E-state index < -0.39 is 10.0 Å². The first-order valence-electron chi connectivity index (χ1n) is 14.3. The Labute approximate surface area is 244 Å². The molecule has 4 rings (SSSR count). The predicted octanol–water partition coefficient (Wildman–Crippen LogP) is 6.77. The molecule has 220 valence electrons. The average molecular weight is 579 g/mol.